The fourth-order valence-corrected chi connectivity index (χ4v) is 5.26. The summed E-state index contributed by atoms with van der Waals surface area (Å²) in [6.45, 7) is 1.24. The molecule has 0 bridgehead atoms. The molecule has 0 radical (unpaired) electrons. The second kappa shape index (κ2) is 11.6. The third-order valence-electron chi connectivity index (χ3n) is 7.19. The van der Waals surface area contributed by atoms with Gasteiger partial charge in [0.1, 0.15) is 11.6 Å². The molecule has 0 unspecified atom stereocenters. The van der Waals surface area contributed by atoms with Crippen molar-refractivity contribution in [1.29, 1.82) is 0 Å². The molecule has 2 aromatic carbocycles. The van der Waals surface area contributed by atoms with Gasteiger partial charge < -0.3 is 19.6 Å². The Bertz CT molecular complexity index is 1030. The van der Waals surface area contributed by atoms with Crippen LogP contribution in [0.25, 0.3) is 0 Å². The van der Waals surface area contributed by atoms with Crippen LogP contribution in [-0.4, -0.2) is 50.0 Å². The highest BCUT2D eigenvalue weighted by Crippen LogP contribution is 2.40. The van der Waals surface area contributed by atoms with Gasteiger partial charge in [0.05, 0.1) is 25.1 Å². The van der Waals surface area contributed by atoms with Gasteiger partial charge in [-0.3, -0.25) is 4.79 Å². The first-order valence-corrected chi connectivity index (χ1v) is 11.9. The van der Waals surface area contributed by atoms with Crippen LogP contribution in [0.4, 0.5) is 28.9 Å². The third kappa shape index (κ3) is 6.55. The summed E-state index contributed by atoms with van der Waals surface area (Å²) in [6, 6.07) is 11.5. The highest BCUT2D eigenvalue weighted by atomic mass is 35.5. The average molecular weight is 531 g/mol. The van der Waals surface area contributed by atoms with Crippen LogP contribution >= 0.6 is 12.4 Å². The predicted octanol–water partition coefficient (Wildman–Crippen LogP) is 5.95. The van der Waals surface area contributed by atoms with Gasteiger partial charge in [0.15, 0.2) is 0 Å². The SMILES string of the molecule is COc1ccc(F)c(N2CCC(Cc3ccc(N4C[C@H](C(F)(F)F)C[C@@H]4CC(=O)O)cc3)CC2)c1.Cl. The lowest BCUT2D eigenvalue weighted by molar-refractivity contribution is -0.169. The first-order chi connectivity index (χ1) is 16.6. The maximum absolute atomic E-state index is 14.3. The topological polar surface area (TPSA) is 53.0 Å². The van der Waals surface area contributed by atoms with Crippen LogP contribution in [0, 0.1) is 17.7 Å². The summed E-state index contributed by atoms with van der Waals surface area (Å²) in [6.07, 6.45) is -2.23. The van der Waals surface area contributed by atoms with Crippen LogP contribution in [-0.2, 0) is 11.2 Å². The number of aliphatic carboxylic acids is 1. The number of carbonyl (C=O) groups is 1. The van der Waals surface area contributed by atoms with Gasteiger partial charge in [0, 0.05) is 37.4 Å². The lowest BCUT2D eigenvalue weighted by atomic mass is 9.90. The van der Waals surface area contributed by atoms with E-state index in [4.69, 9.17) is 9.84 Å². The molecule has 198 valence electrons. The Labute approximate surface area is 214 Å². The van der Waals surface area contributed by atoms with Crippen LogP contribution in [0.2, 0.25) is 0 Å². The molecule has 5 nitrogen and oxygen atoms in total. The van der Waals surface area contributed by atoms with E-state index in [-0.39, 0.29) is 37.6 Å². The number of carboxylic acid groups (broad SMARTS) is 1. The van der Waals surface area contributed by atoms with Gasteiger partial charge in [-0.1, -0.05) is 12.1 Å². The van der Waals surface area contributed by atoms with Crippen LogP contribution < -0.4 is 14.5 Å². The average Bonchev–Trinajstić information content (AvgIpc) is 3.24. The van der Waals surface area contributed by atoms with Gasteiger partial charge in [-0.05, 0) is 61.4 Å². The lowest BCUT2D eigenvalue weighted by Gasteiger charge is -2.34. The number of benzene rings is 2. The van der Waals surface area contributed by atoms with E-state index in [1.54, 1.807) is 36.3 Å². The van der Waals surface area contributed by atoms with Crippen molar-refractivity contribution in [1.82, 2.24) is 0 Å². The number of carboxylic acids is 1. The van der Waals surface area contributed by atoms with E-state index >= 15 is 0 Å². The predicted molar refractivity (Wildman–Crippen MR) is 133 cm³/mol. The Hall–Kier alpha value is -2.68. The van der Waals surface area contributed by atoms with E-state index in [1.165, 1.54) is 6.07 Å². The van der Waals surface area contributed by atoms with E-state index in [2.05, 4.69) is 0 Å². The fourth-order valence-electron chi connectivity index (χ4n) is 5.26. The van der Waals surface area contributed by atoms with Crippen molar-refractivity contribution in [3.63, 3.8) is 0 Å². The standard InChI is InChI=1S/C26H30F4N2O3.ClH/c1-35-22-6-7-23(27)24(15-22)31-10-8-18(9-11-31)12-17-2-4-20(5-3-17)32-16-19(26(28,29)30)13-21(32)14-25(33)34;/h2-7,15,18-19,21H,8-14,16H2,1H3,(H,33,34);1H/t19-,21-;/m1./s1. The van der Waals surface area contributed by atoms with Crippen LogP contribution in [0.5, 0.6) is 5.75 Å². The summed E-state index contributed by atoms with van der Waals surface area (Å²) in [4.78, 5) is 14.8. The highest BCUT2D eigenvalue weighted by Gasteiger charge is 2.47. The Morgan fingerprint density at radius 3 is 2.36 bits per heavy atom. The molecule has 2 atom stereocenters. The summed E-state index contributed by atoms with van der Waals surface area (Å²) in [5, 5.41) is 9.15. The molecular weight excluding hydrogens is 500 g/mol. The molecule has 1 N–H and O–H groups in total. The molecule has 2 fully saturated rings. The minimum Gasteiger partial charge on any atom is -0.497 e. The number of piperidine rings is 1. The molecular formula is C26H31ClF4N2O3. The molecule has 36 heavy (non-hydrogen) atoms. The minimum absolute atomic E-state index is 0. The molecule has 0 aromatic heterocycles. The van der Waals surface area contributed by atoms with Crippen molar-refractivity contribution in [3.8, 4) is 5.75 Å². The molecule has 2 saturated heterocycles. The largest absolute Gasteiger partial charge is 0.497 e. The molecule has 0 spiro atoms. The number of alkyl halides is 3. The van der Waals surface area contributed by atoms with E-state index in [1.807, 2.05) is 17.0 Å². The molecule has 0 aliphatic carbocycles. The smallest absolute Gasteiger partial charge is 0.393 e. The Balaban J connectivity index is 0.00000361. The van der Waals surface area contributed by atoms with Crippen LogP contribution in [0.15, 0.2) is 42.5 Å². The first-order valence-electron chi connectivity index (χ1n) is 11.9. The van der Waals surface area contributed by atoms with Crippen molar-refractivity contribution < 1.29 is 32.2 Å². The number of hydrogen-bond donors (Lipinski definition) is 1. The maximum atomic E-state index is 14.3. The summed E-state index contributed by atoms with van der Waals surface area (Å²) >= 11 is 0. The van der Waals surface area contributed by atoms with Gasteiger partial charge in [-0.2, -0.15) is 13.2 Å². The Kier molecular flexibility index (Phi) is 8.98. The van der Waals surface area contributed by atoms with Gasteiger partial charge in [-0.25, -0.2) is 4.39 Å². The third-order valence-corrected chi connectivity index (χ3v) is 7.19. The molecule has 2 aromatic rings. The minimum atomic E-state index is -4.34. The Morgan fingerprint density at radius 2 is 1.78 bits per heavy atom. The number of methoxy groups -OCH3 is 1. The second-order valence-corrected chi connectivity index (χ2v) is 9.50. The van der Waals surface area contributed by atoms with Crippen LogP contribution in [0.3, 0.4) is 0 Å². The number of hydrogen-bond acceptors (Lipinski definition) is 4. The number of rotatable bonds is 7. The zero-order valence-corrected chi connectivity index (χ0v) is 20.8. The number of halogens is 5. The summed E-state index contributed by atoms with van der Waals surface area (Å²) < 4.78 is 59.3. The highest BCUT2D eigenvalue weighted by molar-refractivity contribution is 5.85. The number of ether oxygens (including phenoxy) is 1. The first kappa shape index (κ1) is 27.9. The zero-order chi connectivity index (χ0) is 25.2. The zero-order valence-electron chi connectivity index (χ0n) is 20.0. The normalized spacial score (nSPS) is 20.8. The van der Waals surface area contributed by atoms with Crippen LogP contribution in [0.1, 0.15) is 31.2 Å². The fraction of sp³-hybridized carbons (Fsp3) is 0.500. The van der Waals surface area contributed by atoms with Crippen molar-refractivity contribution in [2.45, 2.75) is 44.3 Å². The number of anilines is 2. The summed E-state index contributed by atoms with van der Waals surface area (Å²) in [5.74, 6) is -1.85. The molecule has 0 amide bonds. The monoisotopic (exact) mass is 530 g/mol. The van der Waals surface area contributed by atoms with E-state index in [9.17, 15) is 22.4 Å². The van der Waals surface area contributed by atoms with Gasteiger partial charge in [-0.15, -0.1) is 12.4 Å². The number of nitrogens with zero attached hydrogens (tertiary/aromatic N) is 2. The van der Waals surface area contributed by atoms with Crippen molar-refractivity contribution >= 4 is 29.8 Å². The van der Waals surface area contributed by atoms with Gasteiger partial charge >= 0.3 is 12.1 Å². The molecule has 10 heteroatoms. The molecule has 2 aliphatic rings. The summed E-state index contributed by atoms with van der Waals surface area (Å²) in [5.41, 5.74) is 2.25. The van der Waals surface area contributed by atoms with Gasteiger partial charge in [0.2, 0.25) is 0 Å². The van der Waals surface area contributed by atoms with Crippen molar-refractivity contribution in [3.05, 3.63) is 53.8 Å². The maximum Gasteiger partial charge on any atom is 0.393 e. The van der Waals surface area contributed by atoms with E-state index < -0.39 is 24.1 Å². The lowest BCUT2D eigenvalue weighted by Crippen LogP contribution is -2.34. The molecule has 4 rings (SSSR count). The Morgan fingerprint density at radius 1 is 1.11 bits per heavy atom. The molecule has 0 saturated carbocycles. The van der Waals surface area contributed by atoms with Crippen molar-refractivity contribution in [2.24, 2.45) is 11.8 Å². The molecule has 2 heterocycles. The molecule has 2 aliphatic heterocycles. The summed E-state index contributed by atoms with van der Waals surface area (Å²) in [7, 11) is 1.55. The second-order valence-electron chi connectivity index (χ2n) is 9.50. The van der Waals surface area contributed by atoms with E-state index in [0.29, 0.717) is 23.0 Å². The quantitative estimate of drug-likeness (QED) is 0.449. The van der Waals surface area contributed by atoms with E-state index in [0.717, 1.165) is 37.9 Å². The van der Waals surface area contributed by atoms with Crippen molar-refractivity contribution in [2.75, 3.05) is 36.5 Å². The van der Waals surface area contributed by atoms with Gasteiger partial charge in [0.25, 0.3) is 0 Å².